The maximum Gasteiger partial charge on any atom is 0.238 e. The molecule has 170 valence electrons. The molecule has 6 nitrogen and oxygen atoms in total. The highest BCUT2D eigenvalue weighted by atomic mass is 32.2. The zero-order valence-electron chi connectivity index (χ0n) is 18.4. The van der Waals surface area contributed by atoms with Crippen molar-refractivity contribution in [3.63, 3.8) is 0 Å². The molecule has 0 radical (unpaired) electrons. The molecule has 7 heteroatoms. The molecular formula is C26H27N3O3S. The number of rotatable bonds is 9. The summed E-state index contributed by atoms with van der Waals surface area (Å²) < 4.78 is 22.9. The number of Topliss-reactive ketones (excluding diaryl/α,β-unsaturated/α-hetero) is 1. The number of primary sulfonamides is 1. The molecule has 1 atom stereocenters. The standard InChI is InChI=1S/C26H27N3O3S/c1-2-19-9-6-10-22-23(17-29-24(19)22)26(30)25(20-7-4-3-5-8-20)28-16-15-18-11-13-21(14-12-18)33(27,31)32/h3-14,17,25,28-29H,2,15-16H2,1H3,(H2,27,31,32). The van der Waals surface area contributed by atoms with E-state index in [9.17, 15) is 13.2 Å². The Bertz CT molecular complexity index is 1360. The summed E-state index contributed by atoms with van der Waals surface area (Å²) in [5.74, 6) is 0.00489. The summed E-state index contributed by atoms with van der Waals surface area (Å²) in [7, 11) is -3.71. The zero-order chi connectivity index (χ0) is 23.4. The molecule has 0 aliphatic heterocycles. The molecule has 0 aliphatic carbocycles. The monoisotopic (exact) mass is 461 g/mol. The Balaban J connectivity index is 1.56. The highest BCUT2D eigenvalue weighted by molar-refractivity contribution is 7.89. The van der Waals surface area contributed by atoms with E-state index in [0.717, 1.165) is 28.5 Å². The lowest BCUT2D eigenvalue weighted by Crippen LogP contribution is -2.30. The van der Waals surface area contributed by atoms with Crippen LogP contribution in [0.4, 0.5) is 0 Å². The lowest BCUT2D eigenvalue weighted by atomic mass is 9.96. The Morgan fingerprint density at radius 3 is 2.39 bits per heavy atom. The van der Waals surface area contributed by atoms with Crippen LogP contribution in [0.2, 0.25) is 0 Å². The van der Waals surface area contributed by atoms with Gasteiger partial charge in [0.15, 0.2) is 5.78 Å². The first-order valence-corrected chi connectivity index (χ1v) is 12.5. The van der Waals surface area contributed by atoms with Crippen molar-refractivity contribution in [3.8, 4) is 0 Å². The summed E-state index contributed by atoms with van der Waals surface area (Å²) >= 11 is 0. The third kappa shape index (κ3) is 5.06. The van der Waals surface area contributed by atoms with Crippen LogP contribution >= 0.6 is 0 Å². The van der Waals surface area contributed by atoms with Gasteiger partial charge in [-0.25, -0.2) is 13.6 Å². The molecule has 0 aliphatic rings. The smallest absolute Gasteiger partial charge is 0.238 e. The van der Waals surface area contributed by atoms with Gasteiger partial charge in [0.1, 0.15) is 0 Å². The van der Waals surface area contributed by atoms with E-state index in [1.807, 2.05) is 42.5 Å². The first-order valence-electron chi connectivity index (χ1n) is 10.9. The van der Waals surface area contributed by atoms with Gasteiger partial charge in [-0.05, 0) is 41.7 Å². The molecule has 4 N–H and O–H groups in total. The van der Waals surface area contributed by atoms with Gasteiger partial charge >= 0.3 is 0 Å². The van der Waals surface area contributed by atoms with E-state index in [1.165, 1.54) is 17.7 Å². The molecule has 33 heavy (non-hydrogen) atoms. The summed E-state index contributed by atoms with van der Waals surface area (Å²) in [6.45, 7) is 2.64. The van der Waals surface area contributed by atoms with Crippen LogP contribution in [-0.2, 0) is 22.9 Å². The second-order valence-corrected chi connectivity index (χ2v) is 9.56. The maximum atomic E-state index is 13.7. The number of aryl methyl sites for hydroxylation is 1. The van der Waals surface area contributed by atoms with Gasteiger partial charge in [-0.15, -0.1) is 0 Å². The Hall–Kier alpha value is -3.26. The summed E-state index contributed by atoms with van der Waals surface area (Å²) in [6.07, 6.45) is 3.32. The van der Waals surface area contributed by atoms with Crippen molar-refractivity contribution < 1.29 is 13.2 Å². The van der Waals surface area contributed by atoms with Gasteiger partial charge in [0.25, 0.3) is 0 Å². The van der Waals surface area contributed by atoms with Crippen molar-refractivity contribution in [3.05, 3.63) is 101 Å². The molecule has 1 unspecified atom stereocenters. The van der Waals surface area contributed by atoms with Crippen LogP contribution < -0.4 is 10.5 Å². The molecule has 1 aromatic heterocycles. The topological polar surface area (TPSA) is 105 Å². The lowest BCUT2D eigenvalue weighted by Gasteiger charge is -2.18. The number of hydrogen-bond acceptors (Lipinski definition) is 4. The number of aromatic nitrogens is 1. The molecule has 0 amide bonds. The molecule has 0 bridgehead atoms. The van der Waals surface area contributed by atoms with Crippen molar-refractivity contribution in [1.29, 1.82) is 0 Å². The van der Waals surface area contributed by atoms with Gasteiger partial charge in [0.05, 0.1) is 10.9 Å². The highest BCUT2D eigenvalue weighted by Crippen LogP contribution is 2.27. The van der Waals surface area contributed by atoms with E-state index < -0.39 is 16.1 Å². The largest absolute Gasteiger partial charge is 0.360 e. The Morgan fingerprint density at radius 2 is 1.73 bits per heavy atom. The van der Waals surface area contributed by atoms with Gasteiger partial charge in [-0.2, -0.15) is 0 Å². The number of aromatic amines is 1. The second kappa shape index (κ2) is 9.70. The molecule has 4 aromatic rings. The molecule has 3 aromatic carbocycles. The van der Waals surface area contributed by atoms with Gasteiger partial charge in [0, 0.05) is 29.2 Å². The van der Waals surface area contributed by atoms with Crippen LogP contribution in [0.25, 0.3) is 10.9 Å². The number of fused-ring (bicyclic) bond motifs is 1. The van der Waals surface area contributed by atoms with E-state index >= 15 is 0 Å². The number of hydrogen-bond donors (Lipinski definition) is 3. The van der Waals surface area contributed by atoms with Crippen LogP contribution in [0.5, 0.6) is 0 Å². The number of H-pyrrole nitrogens is 1. The average Bonchev–Trinajstić information content (AvgIpc) is 3.26. The fraction of sp³-hybridized carbons (Fsp3) is 0.192. The number of carbonyl (C=O) groups is 1. The summed E-state index contributed by atoms with van der Waals surface area (Å²) in [5.41, 5.74) is 4.70. The first-order chi connectivity index (χ1) is 15.9. The van der Waals surface area contributed by atoms with Crippen molar-refractivity contribution in [2.75, 3.05) is 6.54 Å². The van der Waals surface area contributed by atoms with E-state index in [2.05, 4.69) is 23.3 Å². The highest BCUT2D eigenvalue weighted by Gasteiger charge is 2.24. The number of nitrogens with two attached hydrogens (primary N) is 1. The maximum absolute atomic E-state index is 13.7. The predicted molar refractivity (Wildman–Crippen MR) is 131 cm³/mol. The first kappa shape index (κ1) is 22.9. The quantitative estimate of drug-likeness (QED) is 0.326. The zero-order valence-corrected chi connectivity index (χ0v) is 19.2. The summed E-state index contributed by atoms with van der Waals surface area (Å²) in [6, 6.07) is 21.7. The van der Waals surface area contributed by atoms with E-state index in [1.54, 1.807) is 18.3 Å². The Kier molecular flexibility index (Phi) is 6.74. The van der Waals surface area contributed by atoms with E-state index in [-0.39, 0.29) is 10.7 Å². The van der Waals surface area contributed by atoms with Crippen molar-refractivity contribution in [2.24, 2.45) is 5.14 Å². The molecule has 0 saturated heterocycles. The van der Waals surface area contributed by atoms with E-state index in [0.29, 0.717) is 18.5 Å². The third-order valence-electron chi connectivity index (χ3n) is 5.86. The normalized spacial score (nSPS) is 12.7. The van der Waals surface area contributed by atoms with Crippen molar-refractivity contribution >= 4 is 26.7 Å². The number of para-hydroxylation sites is 1. The summed E-state index contributed by atoms with van der Waals surface area (Å²) in [4.78, 5) is 17.0. The van der Waals surface area contributed by atoms with Gasteiger partial charge in [-0.3, -0.25) is 4.79 Å². The minimum atomic E-state index is -3.71. The lowest BCUT2D eigenvalue weighted by molar-refractivity contribution is 0.0945. The predicted octanol–water partition coefficient (Wildman–Crippen LogP) is 4.13. The van der Waals surface area contributed by atoms with Crippen LogP contribution in [0.1, 0.15) is 40.0 Å². The molecule has 0 saturated carbocycles. The number of benzene rings is 3. The van der Waals surface area contributed by atoms with Gasteiger partial charge in [-0.1, -0.05) is 67.6 Å². The van der Waals surface area contributed by atoms with Crippen LogP contribution in [0, 0.1) is 0 Å². The van der Waals surface area contributed by atoms with Gasteiger partial charge in [0.2, 0.25) is 10.0 Å². The minimum absolute atomic E-state index is 0.00489. The molecule has 0 spiro atoms. The molecule has 4 rings (SSSR count). The van der Waals surface area contributed by atoms with Crippen molar-refractivity contribution in [1.82, 2.24) is 10.3 Å². The number of nitrogens with one attached hydrogen (secondary N) is 2. The third-order valence-corrected chi connectivity index (χ3v) is 6.79. The van der Waals surface area contributed by atoms with Crippen LogP contribution in [-0.4, -0.2) is 25.7 Å². The number of sulfonamides is 1. The van der Waals surface area contributed by atoms with Gasteiger partial charge < -0.3 is 10.3 Å². The molecular weight excluding hydrogens is 434 g/mol. The van der Waals surface area contributed by atoms with Crippen molar-refractivity contribution in [2.45, 2.75) is 30.7 Å². The summed E-state index contributed by atoms with van der Waals surface area (Å²) in [5, 5.41) is 9.50. The minimum Gasteiger partial charge on any atom is -0.360 e. The Labute approximate surface area is 193 Å². The average molecular weight is 462 g/mol. The molecule has 0 fully saturated rings. The fourth-order valence-corrected chi connectivity index (χ4v) is 4.60. The number of carbonyl (C=O) groups excluding carboxylic acids is 1. The number of ketones is 1. The Morgan fingerprint density at radius 1 is 1.00 bits per heavy atom. The second-order valence-electron chi connectivity index (χ2n) is 8.00. The fourth-order valence-electron chi connectivity index (χ4n) is 4.09. The van der Waals surface area contributed by atoms with E-state index in [4.69, 9.17) is 5.14 Å². The van der Waals surface area contributed by atoms with Crippen LogP contribution in [0.3, 0.4) is 0 Å². The molecule has 1 heterocycles. The van der Waals surface area contributed by atoms with Crippen LogP contribution in [0.15, 0.2) is 83.9 Å². The SMILES string of the molecule is CCc1cccc2c(C(=O)C(NCCc3ccc(S(N)(=O)=O)cc3)c3ccccc3)c[nH]c12.